The molecule has 0 saturated heterocycles. The molecule has 3 heteroatoms. The molecule has 1 atom stereocenters. The van der Waals surface area contributed by atoms with Crippen LogP contribution in [0.1, 0.15) is 64.8 Å². The number of ether oxygens (including phenoxy) is 1. The number of hydrogen-bond acceptors (Lipinski definition) is 3. The summed E-state index contributed by atoms with van der Waals surface area (Å²) >= 11 is 1.87. The molecule has 2 nitrogen and oxygen atoms in total. The lowest BCUT2D eigenvalue weighted by Crippen LogP contribution is -2.32. The van der Waals surface area contributed by atoms with E-state index in [4.69, 9.17) is 4.74 Å². The number of fused-ring (bicyclic) bond motifs is 19. The molecule has 2 heterocycles. The molecular weight excluding hydrogens is 867 g/mol. The number of allylic oxidation sites excluding steroid dienone is 2. The lowest BCUT2D eigenvalue weighted by Gasteiger charge is -2.40. The minimum Gasteiger partial charge on any atom is -0.455 e. The molecule has 0 N–H and O–H groups in total. The molecule has 70 heavy (non-hydrogen) atoms. The summed E-state index contributed by atoms with van der Waals surface area (Å²) in [7, 11) is 0. The Balaban J connectivity index is 0.966. The maximum Gasteiger partial charge on any atom is 0.140 e. The second kappa shape index (κ2) is 14.6. The fraction of sp³-hybridized carbons (Fsp3) is 0.0746. The van der Waals surface area contributed by atoms with E-state index in [0.717, 1.165) is 45.8 Å². The summed E-state index contributed by atoms with van der Waals surface area (Å²) in [5.74, 6) is 1.87. The van der Waals surface area contributed by atoms with Gasteiger partial charge in [-0.15, -0.1) is 11.3 Å². The van der Waals surface area contributed by atoms with E-state index in [1.807, 2.05) is 11.3 Å². The van der Waals surface area contributed by atoms with Crippen LogP contribution in [0.3, 0.4) is 0 Å². The third kappa shape index (κ3) is 5.38. The van der Waals surface area contributed by atoms with Crippen molar-refractivity contribution >= 4 is 71.5 Å². The largest absolute Gasteiger partial charge is 0.455 e. The van der Waals surface area contributed by atoms with Crippen LogP contribution in [-0.4, -0.2) is 0 Å². The minimum absolute atomic E-state index is 0.0889. The monoisotopic (exact) mass is 911 g/mol. The summed E-state index contributed by atoms with van der Waals surface area (Å²) < 4.78 is 9.90. The molecule has 1 aromatic heterocycles. The quantitative estimate of drug-likeness (QED) is 0.174. The molecule has 10 aromatic carbocycles. The number of hydrogen-bond donors (Lipinski definition) is 0. The summed E-state index contributed by atoms with van der Waals surface area (Å²) in [4.78, 5) is 2.51. The van der Waals surface area contributed by atoms with Gasteiger partial charge in [-0.3, -0.25) is 0 Å². The van der Waals surface area contributed by atoms with Gasteiger partial charge < -0.3 is 9.64 Å². The first-order chi connectivity index (χ1) is 34.5. The number of rotatable bonds is 4. The van der Waals surface area contributed by atoms with Gasteiger partial charge in [0.1, 0.15) is 11.5 Å². The summed E-state index contributed by atoms with van der Waals surface area (Å²) in [6.45, 7) is 4.72. The van der Waals surface area contributed by atoms with E-state index < -0.39 is 5.41 Å². The Morgan fingerprint density at radius 3 is 2.04 bits per heavy atom. The number of thiophene rings is 1. The average molecular weight is 912 g/mol. The SMILES string of the molecule is CC1(C)c2ccccc2-c2cc(N(c3cccc(-c4ccc5c(c4)C4(c6ccccc6-5)c5ccc6c(c5Oc5c4ccc4ccccc54)C=CCC=C6)c3)c3cccc4sc5ccccc5c34)ccc21. The van der Waals surface area contributed by atoms with Crippen LogP contribution in [-0.2, 0) is 10.8 Å². The van der Waals surface area contributed by atoms with Crippen LogP contribution in [0.5, 0.6) is 11.5 Å². The highest BCUT2D eigenvalue weighted by Crippen LogP contribution is 2.64. The van der Waals surface area contributed by atoms with Gasteiger partial charge in [-0.05, 0) is 122 Å². The van der Waals surface area contributed by atoms with E-state index >= 15 is 0 Å². The first-order valence-electron chi connectivity index (χ1n) is 24.5. The van der Waals surface area contributed by atoms with Crippen molar-refractivity contribution in [2.45, 2.75) is 31.1 Å². The fourth-order valence-corrected chi connectivity index (χ4v) is 13.9. The molecule has 1 aliphatic heterocycles. The van der Waals surface area contributed by atoms with Gasteiger partial charge in [0.25, 0.3) is 0 Å². The van der Waals surface area contributed by atoms with Crippen LogP contribution < -0.4 is 9.64 Å². The number of benzene rings is 10. The van der Waals surface area contributed by atoms with E-state index in [0.29, 0.717) is 0 Å². The summed E-state index contributed by atoms with van der Waals surface area (Å²) in [6.07, 6.45) is 9.90. The number of anilines is 3. The van der Waals surface area contributed by atoms with Gasteiger partial charge in [0, 0.05) is 59.0 Å². The second-order valence-electron chi connectivity index (χ2n) is 19.8. The zero-order valence-corrected chi connectivity index (χ0v) is 39.6. The lowest BCUT2D eigenvalue weighted by atomic mass is 9.65. The van der Waals surface area contributed by atoms with Crippen molar-refractivity contribution in [2.24, 2.45) is 0 Å². The molecule has 4 aliphatic rings. The maximum atomic E-state index is 7.32. The Bertz CT molecular complexity index is 4130. The molecule has 3 aliphatic carbocycles. The van der Waals surface area contributed by atoms with E-state index in [1.165, 1.54) is 98.0 Å². The number of nitrogens with zero attached hydrogens (tertiary/aromatic N) is 1. The average Bonchev–Trinajstić information content (AvgIpc) is 3.91. The molecule has 1 unspecified atom stereocenters. The zero-order chi connectivity index (χ0) is 46.3. The molecule has 0 radical (unpaired) electrons. The van der Waals surface area contributed by atoms with Crippen molar-refractivity contribution < 1.29 is 4.74 Å². The van der Waals surface area contributed by atoms with Gasteiger partial charge in [-0.2, -0.15) is 0 Å². The van der Waals surface area contributed by atoms with Gasteiger partial charge in [-0.1, -0.05) is 190 Å². The van der Waals surface area contributed by atoms with Crippen molar-refractivity contribution in [1.82, 2.24) is 0 Å². The molecule has 0 bridgehead atoms. The van der Waals surface area contributed by atoms with E-state index in [1.54, 1.807) is 0 Å². The first kappa shape index (κ1) is 39.7. The first-order valence-corrected chi connectivity index (χ1v) is 25.3. The predicted octanol–water partition coefficient (Wildman–Crippen LogP) is 18.5. The van der Waals surface area contributed by atoms with Crippen LogP contribution >= 0.6 is 11.3 Å². The molecule has 11 aromatic rings. The highest BCUT2D eigenvalue weighted by atomic mass is 32.1. The van der Waals surface area contributed by atoms with Crippen LogP contribution in [0.2, 0.25) is 0 Å². The smallest absolute Gasteiger partial charge is 0.140 e. The van der Waals surface area contributed by atoms with Crippen molar-refractivity contribution in [3.63, 3.8) is 0 Å². The maximum absolute atomic E-state index is 7.32. The van der Waals surface area contributed by atoms with Gasteiger partial charge in [0.2, 0.25) is 0 Å². The van der Waals surface area contributed by atoms with Gasteiger partial charge >= 0.3 is 0 Å². The van der Waals surface area contributed by atoms with Crippen molar-refractivity contribution in [1.29, 1.82) is 0 Å². The third-order valence-electron chi connectivity index (χ3n) is 15.9. The molecular formula is C67H45NOS. The lowest BCUT2D eigenvalue weighted by molar-refractivity contribution is 0.440. The van der Waals surface area contributed by atoms with Gasteiger partial charge in [0.15, 0.2) is 0 Å². The Morgan fingerprint density at radius 1 is 0.457 bits per heavy atom. The highest BCUT2D eigenvalue weighted by molar-refractivity contribution is 7.26. The van der Waals surface area contributed by atoms with Gasteiger partial charge in [-0.25, -0.2) is 0 Å². The molecule has 15 rings (SSSR count). The Morgan fingerprint density at radius 2 is 1.13 bits per heavy atom. The van der Waals surface area contributed by atoms with Crippen molar-refractivity contribution in [3.8, 4) is 44.9 Å². The zero-order valence-electron chi connectivity index (χ0n) is 38.8. The van der Waals surface area contributed by atoms with E-state index in [9.17, 15) is 0 Å². The molecule has 0 amide bonds. The third-order valence-corrected chi connectivity index (χ3v) is 17.0. The summed E-state index contributed by atoms with van der Waals surface area (Å²) in [5.41, 5.74) is 20.1. The topological polar surface area (TPSA) is 12.5 Å². The Labute approximate surface area is 411 Å². The van der Waals surface area contributed by atoms with Crippen LogP contribution in [0.15, 0.2) is 212 Å². The van der Waals surface area contributed by atoms with Crippen molar-refractivity contribution in [2.75, 3.05) is 4.90 Å². The van der Waals surface area contributed by atoms with Crippen LogP contribution in [0.4, 0.5) is 17.1 Å². The normalized spacial score (nSPS) is 16.3. The fourth-order valence-electron chi connectivity index (χ4n) is 12.8. The Kier molecular flexibility index (Phi) is 8.31. The standard InChI is InChI=1S/C67H45NOS/c1-66(2)54-25-11-8-23-50(54)53-40-46(33-37-55(53)66)68(60-27-15-29-62-63(60)52-24-10-13-28-61(52)70-62)45-19-14-18-43(38-45)44-30-34-51-49-22-9-12-26-56(49)67(59(51)39-44)57-35-31-41-16-4-3-5-20-47(41)64(57)69-65-48-21-7-6-17-42(48)32-36-58(65)67/h4-40H,3H2,1-2H3. The van der Waals surface area contributed by atoms with E-state index in [2.05, 4.69) is 243 Å². The second-order valence-corrected chi connectivity index (χ2v) is 20.9. The highest BCUT2D eigenvalue weighted by Gasteiger charge is 2.52. The van der Waals surface area contributed by atoms with Crippen LogP contribution in [0.25, 0.3) is 76.5 Å². The van der Waals surface area contributed by atoms with Crippen LogP contribution in [0, 0.1) is 0 Å². The van der Waals surface area contributed by atoms with Crippen molar-refractivity contribution in [3.05, 3.63) is 257 Å². The van der Waals surface area contributed by atoms with Gasteiger partial charge in [0.05, 0.1) is 11.1 Å². The minimum atomic E-state index is -0.637. The summed E-state index contributed by atoms with van der Waals surface area (Å²) in [5, 5.41) is 4.85. The predicted molar refractivity (Wildman–Crippen MR) is 295 cm³/mol. The Hall–Kier alpha value is -8.24. The molecule has 1 spiro atoms. The molecule has 330 valence electrons. The molecule has 0 fully saturated rings. The van der Waals surface area contributed by atoms with E-state index in [-0.39, 0.29) is 5.41 Å². The summed E-state index contributed by atoms with van der Waals surface area (Å²) in [6, 6.07) is 75.3. The molecule has 0 saturated carbocycles.